The number of hydrogen-bond acceptors (Lipinski definition) is 4. The molecule has 0 radical (unpaired) electrons. The highest BCUT2D eigenvalue weighted by molar-refractivity contribution is 7.88. The maximum Gasteiger partial charge on any atom is 0.211 e. The predicted molar refractivity (Wildman–Crippen MR) is 90.2 cm³/mol. The van der Waals surface area contributed by atoms with Crippen molar-refractivity contribution in [3.63, 3.8) is 0 Å². The fourth-order valence-electron chi connectivity index (χ4n) is 2.33. The zero-order chi connectivity index (χ0) is 15.3. The largest absolute Gasteiger partial charge is 0.313 e. The van der Waals surface area contributed by atoms with Gasteiger partial charge in [-0.05, 0) is 35.4 Å². The predicted octanol–water partition coefficient (Wildman–Crippen LogP) is 2.66. The van der Waals surface area contributed by atoms with Gasteiger partial charge in [0.25, 0.3) is 0 Å². The van der Waals surface area contributed by atoms with Gasteiger partial charge in [0.15, 0.2) is 0 Å². The van der Waals surface area contributed by atoms with Gasteiger partial charge in [-0.1, -0.05) is 25.1 Å². The van der Waals surface area contributed by atoms with Gasteiger partial charge in [-0.3, -0.25) is 0 Å². The molecular weight excluding hydrogens is 304 g/mol. The third-order valence-electron chi connectivity index (χ3n) is 3.46. The van der Waals surface area contributed by atoms with Gasteiger partial charge in [0.1, 0.15) is 0 Å². The second-order valence-electron chi connectivity index (χ2n) is 5.04. The van der Waals surface area contributed by atoms with Gasteiger partial charge in [0.05, 0.1) is 6.26 Å². The lowest BCUT2D eigenvalue weighted by atomic mass is 10.2. The maximum atomic E-state index is 11.5. The molecule has 1 aromatic carbocycles. The van der Waals surface area contributed by atoms with Crippen molar-refractivity contribution in [3.8, 4) is 0 Å². The van der Waals surface area contributed by atoms with Crippen LogP contribution in [0.3, 0.4) is 0 Å². The van der Waals surface area contributed by atoms with Gasteiger partial charge < -0.3 is 5.32 Å². The van der Waals surface area contributed by atoms with E-state index in [0.717, 1.165) is 19.5 Å². The van der Waals surface area contributed by atoms with E-state index in [9.17, 15) is 8.42 Å². The summed E-state index contributed by atoms with van der Waals surface area (Å²) in [5.74, 6) is 0. The Morgan fingerprint density at radius 2 is 2.05 bits per heavy atom. The lowest BCUT2D eigenvalue weighted by Crippen LogP contribution is -2.32. The number of hydrogen-bond donors (Lipinski definition) is 1. The van der Waals surface area contributed by atoms with Crippen molar-refractivity contribution < 1.29 is 8.42 Å². The van der Waals surface area contributed by atoms with Crippen LogP contribution in [0.15, 0.2) is 29.6 Å². The summed E-state index contributed by atoms with van der Waals surface area (Å²) in [4.78, 5) is 0. The number of rotatable bonds is 8. The molecule has 0 amide bonds. The Kier molecular flexibility index (Phi) is 5.75. The first-order chi connectivity index (χ1) is 10.0. The van der Waals surface area contributed by atoms with Crippen LogP contribution in [0.4, 0.5) is 0 Å². The minimum atomic E-state index is -3.07. The minimum Gasteiger partial charge on any atom is -0.313 e. The molecule has 0 fully saturated rings. The monoisotopic (exact) mass is 326 g/mol. The first kappa shape index (κ1) is 16.4. The number of sulfonamides is 1. The minimum absolute atomic E-state index is 0.536. The molecule has 0 aliphatic heterocycles. The van der Waals surface area contributed by atoms with Crippen molar-refractivity contribution >= 4 is 31.4 Å². The molecule has 1 heterocycles. The summed E-state index contributed by atoms with van der Waals surface area (Å²) >= 11 is 1.76. The van der Waals surface area contributed by atoms with Crippen molar-refractivity contribution in [1.82, 2.24) is 9.62 Å². The van der Waals surface area contributed by atoms with Crippen molar-refractivity contribution in [2.45, 2.75) is 19.9 Å². The summed E-state index contributed by atoms with van der Waals surface area (Å²) in [7, 11) is -3.07. The zero-order valence-corrected chi connectivity index (χ0v) is 14.1. The number of nitrogens with one attached hydrogen (secondary N) is 1. The average molecular weight is 326 g/mol. The third-order valence-corrected chi connectivity index (χ3v) is 5.85. The Balaban J connectivity index is 1.78. The van der Waals surface area contributed by atoms with Crippen molar-refractivity contribution in [2.24, 2.45) is 0 Å². The standard InChI is InChI=1S/C15H22N2O2S2/c1-3-17(21(2,18)19)10-6-9-16-11-13-12-20-15-8-5-4-7-14(13)15/h4-5,7-8,12,16H,3,6,9-11H2,1-2H3. The number of fused-ring (bicyclic) bond motifs is 1. The number of benzene rings is 1. The van der Waals surface area contributed by atoms with Crippen LogP contribution in [0.5, 0.6) is 0 Å². The van der Waals surface area contributed by atoms with E-state index in [4.69, 9.17) is 0 Å². The Bertz CT molecular complexity index is 680. The first-order valence-corrected chi connectivity index (χ1v) is 9.86. The highest BCUT2D eigenvalue weighted by atomic mass is 32.2. The molecule has 116 valence electrons. The van der Waals surface area contributed by atoms with Crippen LogP contribution >= 0.6 is 11.3 Å². The normalized spacial score (nSPS) is 12.3. The molecule has 0 aliphatic carbocycles. The van der Waals surface area contributed by atoms with E-state index >= 15 is 0 Å². The van der Waals surface area contributed by atoms with Crippen LogP contribution in [0.1, 0.15) is 18.9 Å². The molecule has 0 unspecified atom stereocenters. The van der Waals surface area contributed by atoms with Crippen LogP contribution < -0.4 is 5.32 Å². The SMILES string of the molecule is CCN(CCCNCc1csc2ccccc12)S(C)(=O)=O. The molecule has 2 aromatic rings. The molecular formula is C15H22N2O2S2. The van der Waals surface area contributed by atoms with E-state index in [2.05, 4.69) is 35.0 Å². The summed E-state index contributed by atoms with van der Waals surface area (Å²) in [6, 6.07) is 8.39. The molecule has 0 bridgehead atoms. The Morgan fingerprint density at radius 3 is 2.76 bits per heavy atom. The zero-order valence-electron chi connectivity index (χ0n) is 12.5. The first-order valence-electron chi connectivity index (χ1n) is 7.13. The van der Waals surface area contributed by atoms with E-state index < -0.39 is 10.0 Å². The number of nitrogens with zero attached hydrogens (tertiary/aromatic N) is 1. The Morgan fingerprint density at radius 1 is 1.29 bits per heavy atom. The smallest absolute Gasteiger partial charge is 0.211 e. The topological polar surface area (TPSA) is 49.4 Å². The van der Waals surface area contributed by atoms with E-state index in [1.54, 1.807) is 11.3 Å². The van der Waals surface area contributed by atoms with Gasteiger partial charge in [0, 0.05) is 24.3 Å². The molecule has 4 nitrogen and oxygen atoms in total. The van der Waals surface area contributed by atoms with Crippen molar-refractivity contribution in [3.05, 3.63) is 35.2 Å². The van der Waals surface area contributed by atoms with Gasteiger partial charge in [-0.2, -0.15) is 0 Å². The lowest BCUT2D eigenvalue weighted by molar-refractivity contribution is 0.419. The quantitative estimate of drug-likeness (QED) is 0.759. The Hall–Kier alpha value is -0.950. The Labute approximate surface area is 130 Å². The summed E-state index contributed by atoms with van der Waals surface area (Å²) < 4.78 is 25.8. The molecule has 0 aliphatic rings. The van der Waals surface area contributed by atoms with Crippen molar-refractivity contribution in [1.29, 1.82) is 0 Å². The molecule has 0 spiro atoms. The molecule has 0 saturated carbocycles. The summed E-state index contributed by atoms with van der Waals surface area (Å²) in [6.07, 6.45) is 2.09. The van der Waals surface area contributed by atoms with Gasteiger partial charge >= 0.3 is 0 Å². The average Bonchev–Trinajstić information content (AvgIpc) is 2.85. The molecule has 2 rings (SSSR count). The molecule has 1 N–H and O–H groups in total. The van der Waals surface area contributed by atoms with Crippen LogP contribution in [0.25, 0.3) is 10.1 Å². The van der Waals surface area contributed by atoms with Crippen LogP contribution in [0, 0.1) is 0 Å². The van der Waals surface area contributed by atoms with E-state index in [1.165, 1.54) is 26.2 Å². The second-order valence-corrected chi connectivity index (χ2v) is 7.94. The summed E-state index contributed by atoms with van der Waals surface area (Å²) in [6.45, 7) is 4.62. The molecule has 0 atom stereocenters. The van der Waals surface area contributed by atoms with Gasteiger partial charge in [-0.15, -0.1) is 11.3 Å². The lowest BCUT2D eigenvalue weighted by Gasteiger charge is -2.17. The molecule has 6 heteroatoms. The highest BCUT2D eigenvalue weighted by Gasteiger charge is 2.13. The fraction of sp³-hybridized carbons (Fsp3) is 0.467. The maximum absolute atomic E-state index is 11.5. The van der Waals surface area contributed by atoms with Crippen LogP contribution in [0.2, 0.25) is 0 Å². The van der Waals surface area contributed by atoms with E-state index in [-0.39, 0.29) is 0 Å². The highest BCUT2D eigenvalue weighted by Crippen LogP contribution is 2.25. The van der Waals surface area contributed by atoms with Crippen molar-refractivity contribution in [2.75, 3.05) is 25.9 Å². The van der Waals surface area contributed by atoms with Crippen LogP contribution in [-0.2, 0) is 16.6 Å². The van der Waals surface area contributed by atoms with Gasteiger partial charge in [-0.25, -0.2) is 12.7 Å². The third kappa shape index (κ3) is 4.51. The van der Waals surface area contributed by atoms with E-state index in [1.807, 2.05) is 6.92 Å². The molecule has 21 heavy (non-hydrogen) atoms. The van der Waals surface area contributed by atoms with E-state index in [0.29, 0.717) is 13.1 Å². The molecule has 1 aromatic heterocycles. The molecule has 0 saturated heterocycles. The number of thiophene rings is 1. The van der Waals surface area contributed by atoms with Crippen LogP contribution in [-0.4, -0.2) is 38.6 Å². The second kappa shape index (κ2) is 7.35. The summed E-state index contributed by atoms with van der Waals surface area (Å²) in [5, 5.41) is 6.89. The van der Waals surface area contributed by atoms with Gasteiger partial charge in [0.2, 0.25) is 10.0 Å². The summed E-state index contributed by atoms with van der Waals surface area (Å²) in [5.41, 5.74) is 1.31. The fourth-order valence-corrected chi connectivity index (χ4v) is 4.22.